The summed E-state index contributed by atoms with van der Waals surface area (Å²) in [6.45, 7) is 4.41. The molecule has 0 unspecified atom stereocenters. The van der Waals surface area contributed by atoms with Crippen LogP contribution in [0.25, 0.3) is 5.13 Å². The molecule has 4 rings (SSSR count). The van der Waals surface area contributed by atoms with E-state index in [1.54, 1.807) is 18.0 Å². The Hall–Kier alpha value is -4.07. The van der Waals surface area contributed by atoms with Crippen molar-refractivity contribution in [2.24, 2.45) is 0 Å². The Morgan fingerprint density at radius 3 is 2.61 bits per heavy atom. The van der Waals surface area contributed by atoms with Crippen molar-refractivity contribution in [3.05, 3.63) is 76.1 Å². The van der Waals surface area contributed by atoms with Crippen LogP contribution in [0.4, 0.5) is 10.8 Å². The molecule has 12 nitrogen and oxygen atoms in total. The number of ether oxygens (including phenoxy) is 3. The fraction of sp³-hybridized carbons (Fsp3) is 0.320. The van der Waals surface area contributed by atoms with Crippen LogP contribution < -0.4 is 21.0 Å². The number of rotatable bonds is 12. The molecule has 0 aliphatic carbocycles. The molecule has 0 radical (unpaired) electrons. The quantitative estimate of drug-likeness (QED) is 0.257. The van der Waals surface area contributed by atoms with Gasteiger partial charge in [-0.15, -0.1) is 10.2 Å². The SMILES string of the molecule is COCCOc1c(N[C@](C)(COC)c2ccccc2)cc(C(=O)Nc2nnc(-n3nccc3C)s2)oc1=O. The zero-order valence-corrected chi connectivity index (χ0v) is 22.2. The number of amides is 1. The highest BCUT2D eigenvalue weighted by atomic mass is 32.1. The number of hydrogen-bond donors (Lipinski definition) is 2. The van der Waals surface area contributed by atoms with E-state index in [-0.39, 0.29) is 42.1 Å². The predicted molar refractivity (Wildman–Crippen MR) is 141 cm³/mol. The summed E-state index contributed by atoms with van der Waals surface area (Å²) < 4.78 is 23.1. The van der Waals surface area contributed by atoms with Gasteiger partial charge < -0.3 is 23.9 Å². The lowest BCUT2D eigenvalue weighted by atomic mass is 9.92. The molecule has 1 atom stereocenters. The molecule has 1 amide bonds. The van der Waals surface area contributed by atoms with Gasteiger partial charge in [-0.25, -0.2) is 9.48 Å². The number of benzene rings is 1. The molecule has 0 bridgehead atoms. The Balaban J connectivity index is 1.65. The molecule has 1 aromatic carbocycles. The first-order valence-electron chi connectivity index (χ1n) is 11.6. The maximum absolute atomic E-state index is 13.1. The van der Waals surface area contributed by atoms with Crippen molar-refractivity contribution in [2.75, 3.05) is 44.7 Å². The van der Waals surface area contributed by atoms with Crippen LogP contribution in [0.2, 0.25) is 0 Å². The van der Waals surface area contributed by atoms with Crippen LogP contribution in [0.3, 0.4) is 0 Å². The summed E-state index contributed by atoms with van der Waals surface area (Å²) in [5, 5.41) is 18.9. The van der Waals surface area contributed by atoms with Crippen molar-refractivity contribution in [3.63, 3.8) is 0 Å². The molecule has 3 aromatic heterocycles. The average Bonchev–Trinajstić information content (AvgIpc) is 3.54. The van der Waals surface area contributed by atoms with E-state index < -0.39 is 17.1 Å². The van der Waals surface area contributed by atoms with E-state index in [0.717, 1.165) is 22.6 Å². The van der Waals surface area contributed by atoms with Gasteiger partial charge in [0.15, 0.2) is 5.76 Å². The van der Waals surface area contributed by atoms with Crippen LogP contribution >= 0.6 is 11.3 Å². The highest BCUT2D eigenvalue weighted by Crippen LogP contribution is 2.31. The maximum Gasteiger partial charge on any atom is 0.381 e. The van der Waals surface area contributed by atoms with Crippen LogP contribution in [-0.2, 0) is 15.0 Å². The molecule has 3 heterocycles. The molecule has 0 aliphatic heterocycles. The fourth-order valence-corrected chi connectivity index (χ4v) is 4.47. The molecule has 4 aromatic rings. The van der Waals surface area contributed by atoms with Crippen molar-refractivity contribution < 1.29 is 23.4 Å². The van der Waals surface area contributed by atoms with Gasteiger partial charge in [-0.05, 0) is 25.5 Å². The Bertz CT molecular complexity index is 1440. The summed E-state index contributed by atoms with van der Waals surface area (Å²) in [4.78, 5) is 26.0. The number of carbonyl (C=O) groups excluding carboxylic acids is 1. The van der Waals surface area contributed by atoms with Crippen molar-refractivity contribution in [1.82, 2.24) is 20.0 Å². The zero-order chi connectivity index (χ0) is 27.1. The van der Waals surface area contributed by atoms with Gasteiger partial charge in [-0.1, -0.05) is 41.7 Å². The molecule has 13 heteroatoms. The molecule has 38 heavy (non-hydrogen) atoms. The first-order valence-corrected chi connectivity index (χ1v) is 12.4. The maximum atomic E-state index is 13.1. The monoisotopic (exact) mass is 540 g/mol. The predicted octanol–water partition coefficient (Wildman–Crippen LogP) is 3.24. The second kappa shape index (κ2) is 12.0. The molecule has 0 spiro atoms. The van der Waals surface area contributed by atoms with Gasteiger partial charge in [-0.2, -0.15) is 5.10 Å². The lowest BCUT2D eigenvalue weighted by molar-refractivity contribution is 0.0989. The van der Waals surface area contributed by atoms with E-state index in [2.05, 4.69) is 25.9 Å². The number of carbonyl (C=O) groups is 1. The number of anilines is 2. The fourth-order valence-electron chi connectivity index (χ4n) is 3.71. The van der Waals surface area contributed by atoms with Crippen LogP contribution in [0, 0.1) is 6.92 Å². The summed E-state index contributed by atoms with van der Waals surface area (Å²) in [5.41, 5.74) is 0.430. The van der Waals surface area contributed by atoms with Crippen LogP contribution in [-0.4, -0.2) is 59.9 Å². The smallest absolute Gasteiger partial charge is 0.381 e. The summed E-state index contributed by atoms with van der Waals surface area (Å²) in [7, 11) is 3.11. The molecule has 2 N–H and O–H groups in total. The van der Waals surface area contributed by atoms with Gasteiger partial charge in [0.25, 0.3) is 5.91 Å². The number of aromatic nitrogens is 4. The Morgan fingerprint density at radius 2 is 1.92 bits per heavy atom. The minimum absolute atomic E-state index is 0.0794. The minimum Gasteiger partial charge on any atom is -0.483 e. The molecule has 200 valence electrons. The molecule has 0 saturated carbocycles. The van der Waals surface area contributed by atoms with Crippen LogP contribution in [0.15, 0.2) is 57.9 Å². The van der Waals surface area contributed by atoms with Crippen molar-refractivity contribution >= 4 is 28.1 Å². The van der Waals surface area contributed by atoms with E-state index in [4.69, 9.17) is 18.6 Å². The summed E-state index contributed by atoms with van der Waals surface area (Å²) in [5.74, 6) is -0.998. The second-order valence-corrected chi connectivity index (χ2v) is 9.42. The molecule has 0 aliphatic rings. The van der Waals surface area contributed by atoms with E-state index in [1.165, 1.54) is 13.2 Å². The van der Waals surface area contributed by atoms with E-state index in [9.17, 15) is 9.59 Å². The third kappa shape index (κ3) is 6.07. The number of nitrogens with zero attached hydrogens (tertiary/aromatic N) is 4. The van der Waals surface area contributed by atoms with Crippen LogP contribution in [0.1, 0.15) is 28.7 Å². The van der Waals surface area contributed by atoms with Gasteiger partial charge in [-0.3, -0.25) is 10.1 Å². The third-order valence-electron chi connectivity index (χ3n) is 5.57. The van der Waals surface area contributed by atoms with Gasteiger partial charge in [0.05, 0.1) is 24.4 Å². The highest BCUT2D eigenvalue weighted by molar-refractivity contribution is 7.17. The van der Waals surface area contributed by atoms with Gasteiger partial charge in [0.2, 0.25) is 16.0 Å². The van der Waals surface area contributed by atoms with Crippen molar-refractivity contribution in [3.8, 4) is 10.9 Å². The Kier molecular flexibility index (Phi) is 8.51. The van der Waals surface area contributed by atoms with Crippen LogP contribution in [0.5, 0.6) is 5.75 Å². The van der Waals surface area contributed by atoms with E-state index in [1.807, 2.05) is 50.2 Å². The Labute approximate surface area is 222 Å². The first kappa shape index (κ1) is 27.0. The van der Waals surface area contributed by atoms with E-state index in [0.29, 0.717) is 5.13 Å². The molecular formula is C25H28N6O6S. The second-order valence-electron chi connectivity index (χ2n) is 8.47. The molecule has 0 fully saturated rings. The highest BCUT2D eigenvalue weighted by Gasteiger charge is 2.30. The molecular weight excluding hydrogens is 512 g/mol. The largest absolute Gasteiger partial charge is 0.483 e. The zero-order valence-electron chi connectivity index (χ0n) is 21.4. The normalized spacial score (nSPS) is 12.6. The van der Waals surface area contributed by atoms with Crippen molar-refractivity contribution in [2.45, 2.75) is 19.4 Å². The molecule has 0 saturated heterocycles. The summed E-state index contributed by atoms with van der Waals surface area (Å²) >= 11 is 1.12. The summed E-state index contributed by atoms with van der Waals surface area (Å²) in [6, 6.07) is 12.8. The summed E-state index contributed by atoms with van der Waals surface area (Å²) in [6.07, 6.45) is 1.64. The topological polar surface area (TPSA) is 143 Å². The first-order chi connectivity index (χ1) is 18.3. The van der Waals surface area contributed by atoms with Gasteiger partial charge in [0, 0.05) is 32.2 Å². The number of hydrogen-bond acceptors (Lipinski definition) is 11. The number of methoxy groups -OCH3 is 2. The third-order valence-corrected chi connectivity index (χ3v) is 6.38. The number of nitrogens with one attached hydrogen (secondary N) is 2. The van der Waals surface area contributed by atoms with E-state index >= 15 is 0 Å². The van der Waals surface area contributed by atoms with Gasteiger partial charge in [0.1, 0.15) is 6.61 Å². The minimum atomic E-state index is -0.825. The lowest BCUT2D eigenvalue weighted by Crippen LogP contribution is -2.37. The average molecular weight is 541 g/mol. The Morgan fingerprint density at radius 1 is 1.13 bits per heavy atom. The number of aryl methyl sites for hydroxylation is 1. The van der Waals surface area contributed by atoms with Crippen molar-refractivity contribution in [1.29, 1.82) is 0 Å². The lowest BCUT2D eigenvalue weighted by Gasteiger charge is -2.32. The van der Waals surface area contributed by atoms with Gasteiger partial charge >= 0.3 is 5.63 Å². The standard InChI is InChI=1S/C25H28N6O6S/c1-16-10-11-26-31(16)24-30-29-23(38-24)27-21(32)19-14-18(20(22(33)37-19)36-13-12-34-3)28-25(2,15-35-4)17-8-6-5-7-9-17/h5-11,14,28H,12-13,15H2,1-4H3,(H,27,29,32)/t25-/m1/s1.